The molecule has 4 heteroatoms. The first-order valence-corrected chi connectivity index (χ1v) is 8.26. The van der Waals surface area contributed by atoms with Gasteiger partial charge in [-0.2, -0.15) is 0 Å². The summed E-state index contributed by atoms with van der Waals surface area (Å²) in [7, 11) is 0. The molecule has 1 saturated carbocycles. The average Bonchev–Trinajstić information content (AvgIpc) is 2.95. The van der Waals surface area contributed by atoms with Crippen LogP contribution >= 0.6 is 0 Å². The maximum absolute atomic E-state index is 12.8. The Bertz CT molecular complexity index is 409. The van der Waals surface area contributed by atoms with Gasteiger partial charge in [0, 0.05) is 12.6 Å². The summed E-state index contributed by atoms with van der Waals surface area (Å²) in [5.74, 6) is 1.12. The van der Waals surface area contributed by atoms with Gasteiger partial charge in [0.25, 0.3) is 0 Å². The first-order chi connectivity index (χ1) is 9.63. The van der Waals surface area contributed by atoms with E-state index in [4.69, 9.17) is 0 Å². The Labute approximate surface area is 121 Å². The van der Waals surface area contributed by atoms with Crippen LogP contribution in [0.25, 0.3) is 0 Å². The molecule has 0 aromatic heterocycles. The maximum atomic E-state index is 12.8. The van der Waals surface area contributed by atoms with E-state index in [1.165, 1.54) is 19.3 Å². The van der Waals surface area contributed by atoms with Gasteiger partial charge in [-0.1, -0.05) is 26.2 Å². The minimum atomic E-state index is -0.252. The van der Waals surface area contributed by atoms with Crippen molar-refractivity contribution in [1.82, 2.24) is 9.80 Å². The normalized spacial score (nSPS) is 38.3. The number of rotatable bonds is 2. The van der Waals surface area contributed by atoms with Crippen molar-refractivity contribution >= 4 is 11.8 Å². The second kappa shape index (κ2) is 5.38. The SMILES string of the molecule is CCC1CCCC(N2C(=O)C3CCCN3C(=O)C2C)C1. The molecule has 1 aliphatic carbocycles. The molecule has 2 saturated heterocycles. The lowest BCUT2D eigenvalue weighted by molar-refractivity contribution is -0.162. The Morgan fingerprint density at radius 2 is 1.90 bits per heavy atom. The predicted molar refractivity (Wildman–Crippen MR) is 77.1 cm³/mol. The summed E-state index contributed by atoms with van der Waals surface area (Å²) < 4.78 is 0. The quantitative estimate of drug-likeness (QED) is 0.777. The van der Waals surface area contributed by atoms with E-state index in [1.54, 1.807) is 0 Å². The van der Waals surface area contributed by atoms with Gasteiger partial charge < -0.3 is 9.80 Å². The lowest BCUT2D eigenvalue weighted by Gasteiger charge is -2.46. The van der Waals surface area contributed by atoms with E-state index in [0.29, 0.717) is 6.04 Å². The van der Waals surface area contributed by atoms with Gasteiger partial charge in [-0.05, 0) is 38.5 Å². The molecule has 0 spiro atoms. The van der Waals surface area contributed by atoms with Crippen LogP contribution < -0.4 is 0 Å². The van der Waals surface area contributed by atoms with E-state index in [9.17, 15) is 9.59 Å². The summed E-state index contributed by atoms with van der Waals surface area (Å²) in [4.78, 5) is 29.1. The Morgan fingerprint density at radius 1 is 1.10 bits per heavy atom. The molecule has 0 bridgehead atoms. The Hall–Kier alpha value is -1.06. The van der Waals surface area contributed by atoms with Crippen LogP contribution in [-0.4, -0.2) is 46.3 Å². The van der Waals surface area contributed by atoms with Crippen LogP contribution in [0.15, 0.2) is 0 Å². The summed E-state index contributed by atoms with van der Waals surface area (Å²) in [5.41, 5.74) is 0. The van der Waals surface area contributed by atoms with Crippen molar-refractivity contribution in [2.45, 2.75) is 76.9 Å². The van der Waals surface area contributed by atoms with Gasteiger partial charge in [0.2, 0.25) is 11.8 Å². The van der Waals surface area contributed by atoms with Gasteiger partial charge in [-0.25, -0.2) is 0 Å². The summed E-state index contributed by atoms with van der Waals surface area (Å²) in [6, 6.07) is -0.110. The second-order valence-electron chi connectivity index (χ2n) is 6.71. The maximum Gasteiger partial charge on any atom is 0.246 e. The largest absolute Gasteiger partial charge is 0.329 e. The molecule has 0 N–H and O–H groups in total. The van der Waals surface area contributed by atoms with Crippen LogP contribution in [0.2, 0.25) is 0 Å². The highest BCUT2D eigenvalue weighted by Crippen LogP contribution is 2.35. The van der Waals surface area contributed by atoms with Gasteiger partial charge in [-0.15, -0.1) is 0 Å². The van der Waals surface area contributed by atoms with Crippen molar-refractivity contribution in [2.75, 3.05) is 6.54 Å². The molecule has 3 rings (SSSR count). The Morgan fingerprint density at radius 3 is 2.65 bits per heavy atom. The molecule has 4 unspecified atom stereocenters. The van der Waals surface area contributed by atoms with E-state index in [2.05, 4.69) is 6.92 Å². The van der Waals surface area contributed by atoms with Crippen molar-refractivity contribution in [3.05, 3.63) is 0 Å². The van der Waals surface area contributed by atoms with Crippen LogP contribution in [0.3, 0.4) is 0 Å². The number of piperazine rings is 1. The highest BCUT2D eigenvalue weighted by molar-refractivity contribution is 5.97. The molecule has 0 aromatic rings. The molecule has 20 heavy (non-hydrogen) atoms. The Balaban J connectivity index is 1.80. The standard InChI is InChI=1S/C16H26N2O2/c1-3-12-6-4-7-13(10-12)18-11(2)15(19)17-9-5-8-14(17)16(18)20/h11-14H,3-10H2,1-2H3. The number of nitrogens with zero attached hydrogens (tertiary/aromatic N) is 2. The van der Waals surface area contributed by atoms with E-state index < -0.39 is 0 Å². The van der Waals surface area contributed by atoms with Gasteiger partial charge in [-0.3, -0.25) is 9.59 Å². The molecular formula is C16H26N2O2. The van der Waals surface area contributed by atoms with Gasteiger partial charge in [0.05, 0.1) is 0 Å². The zero-order valence-corrected chi connectivity index (χ0v) is 12.7. The second-order valence-corrected chi connectivity index (χ2v) is 6.71. The lowest BCUT2D eigenvalue weighted by Crippen LogP contribution is -2.64. The molecular weight excluding hydrogens is 252 g/mol. The molecule has 2 aliphatic heterocycles. The third kappa shape index (κ3) is 2.13. The van der Waals surface area contributed by atoms with E-state index in [1.807, 2.05) is 16.7 Å². The number of carbonyl (C=O) groups is 2. The first kappa shape index (κ1) is 13.9. The van der Waals surface area contributed by atoms with Crippen molar-refractivity contribution in [1.29, 1.82) is 0 Å². The highest BCUT2D eigenvalue weighted by Gasteiger charge is 2.48. The van der Waals surface area contributed by atoms with Crippen molar-refractivity contribution < 1.29 is 9.59 Å². The predicted octanol–water partition coefficient (Wildman–Crippen LogP) is 2.18. The molecule has 4 nitrogen and oxygen atoms in total. The number of fused-ring (bicyclic) bond motifs is 1. The van der Waals surface area contributed by atoms with E-state index in [0.717, 1.165) is 38.1 Å². The molecule has 4 atom stereocenters. The lowest BCUT2D eigenvalue weighted by atomic mass is 9.82. The third-order valence-electron chi connectivity index (χ3n) is 5.58. The molecule has 0 aromatic carbocycles. The molecule has 3 fully saturated rings. The zero-order valence-electron chi connectivity index (χ0n) is 12.7. The topological polar surface area (TPSA) is 40.6 Å². The van der Waals surface area contributed by atoms with Crippen LogP contribution in [-0.2, 0) is 9.59 Å². The number of hydrogen-bond donors (Lipinski definition) is 0. The summed E-state index contributed by atoms with van der Waals surface area (Å²) in [5, 5.41) is 0. The zero-order chi connectivity index (χ0) is 14.3. The van der Waals surface area contributed by atoms with Crippen molar-refractivity contribution in [3.63, 3.8) is 0 Å². The van der Waals surface area contributed by atoms with Crippen LogP contribution in [0, 0.1) is 5.92 Å². The fraction of sp³-hybridized carbons (Fsp3) is 0.875. The van der Waals surface area contributed by atoms with Crippen LogP contribution in [0.1, 0.15) is 58.8 Å². The molecule has 2 heterocycles. The average molecular weight is 278 g/mol. The van der Waals surface area contributed by atoms with E-state index >= 15 is 0 Å². The summed E-state index contributed by atoms with van der Waals surface area (Å²) in [6.07, 6.45) is 7.67. The highest BCUT2D eigenvalue weighted by atomic mass is 16.2. The summed E-state index contributed by atoms with van der Waals surface area (Å²) in [6.45, 7) is 4.93. The fourth-order valence-corrected chi connectivity index (χ4v) is 4.39. The van der Waals surface area contributed by atoms with Crippen molar-refractivity contribution in [3.8, 4) is 0 Å². The number of carbonyl (C=O) groups excluding carboxylic acids is 2. The molecule has 3 aliphatic rings. The summed E-state index contributed by atoms with van der Waals surface area (Å²) >= 11 is 0. The van der Waals surface area contributed by atoms with Crippen molar-refractivity contribution in [2.24, 2.45) is 5.92 Å². The minimum absolute atomic E-state index is 0.152. The smallest absolute Gasteiger partial charge is 0.246 e. The first-order valence-electron chi connectivity index (χ1n) is 8.26. The molecule has 2 amide bonds. The van der Waals surface area contributed by atoms with Gasteiger partial charge in [0.1, 0.15) is 12.1 Å². The minimum Gasteiger partial charge on any atom is -0.329 e. The van der Waals surface area contributed by atoms with Crippen LogP contribution in [0.5, 0.6) is 0 Å². The van der Waals surface area contributed by atoms with E-state index in [-0.39, 0.29) is 23.9 Å². The fourth-order valence-electron chi connectivity index (χ4n) is 4.39. The Kier molecular flexibility index (Phi) is 3.74. The van der Waals surface area contributed by atoms with Gasteiger partial charge in [0.15, 0.2) is 0 Å². The number of amides is 2. The molecule has 112 valence electrons. The monoisotopic (exact) mass is 278 g/mol. The molecule has 0 radical (unpaired) electrons. The third-order valence-corrected chi connectivity index (χ3v) is 5.58. The van der Waals surface area contributed by atoms with Crippen LogP contribution in [0.4, 0.5) is 0 Å². The van der Waals surface area contributed by atoms with Gasteiger partial charge >= 0.3 is 0 Å². The number of hydrogen-bond acceptors (Lipinski definition) is 2.